The maximum atomic E-state index is 11.3. The maximum Gasteiger partial charge on any atom is 0.309 e. The summed E-state index contributed by atoms with van der Waals surface area (Å²) in [5.74, 6) is -1.18. The van der Waals surface area contributed by atoms with E-state index in [1.165, 1.54) is 0 Å². The van der Waals surface area contributed by atoms with E-state index in [4.69, 9.17) is 5.73 Å². The van der Waals surface area contributed by atoms with E-state index < -0.39 is 11.8 Å². The van der Waals surface area contributed by atoms with Gasteiger partial charge in [-0.2, -0.15) is 0 Å². The highest BCUT2D eigenvalue weighted by Gasteiger charge is 2.14. The maximum absolute atomic E-state index is 11.3. The average molecular weight is 229 g/mol. The number of carbonyl (C=O) groups is 2. The van der Waals surface area contributed by atoms with Crippen molar-refractivity contribution in [2.24, 2.45) is 5.73 Å². The standard InChI is InChI=1S/C11H23N3O2/c1-3-4-5-6-9(2)14-11(16)10(15)13-8-7-12/h9H,3-8,12H2,1-2H3,(H,13,15)(H,14,16). The molecule has 0 aliphatic heterocycles. The van der Waals surface area contributed by atoms with Crippen molar-refractivity contribution in [2.45, 2.75) is 45.6 Å². The molecule has 2 amide bonds. The molecule has 0 aromatic carbocycles. The Labute approximate surface area is 97.2 Å². The lowest BCUT2D eigenvalue weighted by atomic mass is 10.1. The average Bonchev–Trinajstić information content (AvgIpc) is 2.26. The van der Waals surface area contributed by atoms with Crippen LogP contribution < -0.4 is 16.4 Å². The van der Waals surface area contributed by atoms with Gasteiger partial charge in [0.1, 0.15) is 0 Å². The van der Waals surface area contributed by atoms with Gasteiger partial charge >= 0.3 is 11.8 Å². The SMILES string of the molecule is CCCCCC(C)NC(=O)C(=O)NCCN. The van der Waals surface area contributed by atoms with Crippen LogP contribution in [0.5, 0.6) is 0 Å². The van der Waals surface area contributed by atoms with Crippen molar-refractivity contribution < 1.29 is 9.59 Å². The van der Waals surface area contributed by atoms with Crippen molar-refractivity contribution in [3.8, 4) is 0 Å². The highest BCUT2D eigenvalue weighted by Crippen LogP contribution is 2.02. The molecule has 0 fully saturated rings. The molecular weight excluding hydrogens is 206 g/mol. The summed E-state index contributed by atoms with van der Waals surface area (Å²) in [5.41, 5.74) is 5.21. The van der Waals surface area contributed by atoms with Gasteiger partial charge in [0.25, 0.3) is 0 Å². The highest BCUT2D eigenvalue weighted by atomic mass is 16.2. The van der Waals surface area contributed by atoms with E-state index in [-0.39, 0.29) is 6.04 Å². The zero-order valence-corrected chi connectivity index (χ0v) is 10.2. The summed E-state index contributed by atoms with van der Waals surface area (Å²) in [6.07, 6.45) is 4.28. The zero-order valence-electron chi connectivity index (χ0n) is 10.2. The molecule has 0 aliphatic carbocycles. The summed E-state index contributed by atoms with van der Waals surface area (Å²) < 4.78 is 0. The minimum Gasteiger partial charge on any atom is -0.347 e. The smallest absolute Gasteiger partial charge is 0.309 e. The first-order valence-corrected chi connectivity index (χ1v) is 5.90. The Morgan fingerprint density at radius 3 is 2.50 bits per heavy atom. The molecule has 16 heavy (non-hydrogen) atoms. The molecule has 5 heteroatoms. The van der Waals surface area contributed by atoms with E-state index >= 15 is 0 Å². The Bertz CT molecular complexity index is 219. The number of amides is 2. The molecule has 0 aliphatic rings. The summed E-state index contributed by atoms with van der Waals surface area (Å²) in [7, 11) is 0. The van der Waals surface area contributed by atoms with E-state index in [1.807, 2.05) is 6.92 Å². The second kappa shape index (κ2) is 9.15. The van der Waals surface area contributed by atoms with Gasteiger partial charge in [0, 0.05) is 19.1 Å². The van der Waals surface area contributed by atoms with E-state index in [0.29, 0.717) is 13.1 Å². The van der Waals surface area contributed by atoms with Crippen LogP contribution in [0.4, 0.5) is 0 Å². The third kappa shape index (κ3) is 7.23. The van der Waals surface area contributed by atoms with Crippen LogP contribution in [0.2, 0.25) is 0 Å². The van der Waals surface area contributed by atoms with Gasteiger partial charge in [-0.15, -0.1) is 0 Å². The lowest BCUT2D eigenvalue weighted by molar-refractivity contribution is -0.139. The van der Waals surface area contributed by atoms with Gasteiger partial charge in [-0.3, -0.25) is 9.59 Å². The summed E-state index contributed by atoms with van der Waals surface area (Å²) in [6, 6.07) is 0.0441. The predicted octanol–water partition coefficient (Wildman–Crippen LogP) is 0.146. The Hall–Kier alpha value is -1.10. The van der Waals surface area contributed by atoms with Crippen LogP contribution in [-0.4, -0.2) is 30.9 Å². The van der Waals surface area contributed by atoms with Crippen molar-refractivity contribution >= 4 is 11.8 Å². The molecule has 0 saturated heterocycles. The van der Waals surface area contributed by atoms with Gasteiger partial charge in [0.2, 0.25) is 0 Å². The number of hydrogen-bond acceptors (Lipinski definition) is 3. The number of nitrogens with two attached hydrogens (primary N) is 1. The van der Waals surface area contributed by atoms with Crippen molar-refractivity contribution in [1.29, 1.82) is 0 Å². The zero-order chi connectivity index (χ0) is 12.4. The topological polar surface area (TPSA) is 84.2 Å². The molecule has 4 N–H and O–H groups in total. The van der Waals surface area contributed by atoms with E-state index in [9.17, 15) is 9.59 Å². The fourth-order valence-electron chi connectivity index (χ4n) is 1.33. The summed E-state index contributed by atoms with van der Waals surface area (Å²) in [6.45, 7) is 4.70. The molecule has 0 saturated carbocycles. The van der Waals surface area contributed by atoms with Gasteiger partial charge in [0.05, 0.1) is 0 Å². The third-order valence-electron chi connectivity index (χ3n) is 2.25. The van der Waals surface area contributed by atoms with Crippen LogP contribution in [-0.2, 0) is 9.59 Å². The lowest BCUT2D eigenvalue weighted by Gasteiger charge is -2.13. The molecule has 5 nitrogen and oxygen atoms in total. The van der Waals surface area contributed by atoms with Crippen LogP contribution in [0.15, 0.2) is 0 Å². The highest BCUT2D eigenvalue weighted by molar-refractivity contribution is 6.35. The fourth-order valence-corrected chi connectivity index (χ4v) is 1.33. The molecule has 0 aromatic heterocycles. The number of carbonyl (C=O) groups excluding carboxylic acids is 2. The second-order valence-electron chi connectivity index (χ2n) is 3.91. The molecule has 0 heterocycles. The number of nitrogens with one attached hydrogen (secondary N) is 2. The van der Waals surface area contributed by atoms with Gasteiger partial charge in [-0.1, -0.05) is 26.2 Å². The Balaban J connectivity index is 3.72. The molecule has 0 bridgehead atoms. The number of unbranched alkanes of at least 4 members (excludes halogenated alkanes) is 2. The molecular formula is C11H23N3O2. The van der Waals surface area contributed by atoms with E-state index in [2.05, 4.69) is 17.6 Å². The molecule has 94 valence electrons. The molecule has 0 spiro atoms. The first-order valence-electron chi connectivity index (χ1n) is 5.90. The fraction of sp³-hybridized carbons (Fsp3) is 0.818. The van der Waals surface area contributed by atoms with Gasteiger partial charge < -0.3 is 16.4 Å². The minimum absolute atomic E-state index is 0.0441. The number of hydrogen-bond donors (Lipinski definition) is 3. The predicted molar refractivity (Wildman–Crippen MR) is 63.8 cm³/mol. The van der Waals surface area contributed by atoms with Crippen LogP contribution >= 0.6 is 0 Å². The normalized spacial score (nSPS) is 11.9. The van der Waals surface area contributed by atoms with Crippen LogP contribution in [0.25, 0.3) is 0 Å². The molecule has 0 radical (unpaired) electrons. The van der Waals surface area contributed by atoms with Gasteiger partial charge in [-0.25, -0.2) is 0 Å². The van der Waals surface area contributed by atoms with Crippen LogP contribution in [0.3, 0.4) is 0 Å². The minimum atomic E-state index is -0.604. The number of rotatable bonds is 7. The van der Waals surface area contributed by atoms with Gasteiger partial charge in [0.15, 0.2) is 0 Å². The van der Waals surface area contributed by atoms with Crippen LogP contribution in [0.1, 0.15) is 39.5 Å². The first-order chi connectivity index (χ1) is 7.61. The summed E-state index contributed by atoms with van der Waals surface area (Å²) in [5, 5.41) is 5.08. The molecule has 1 unspecified atom stereocenters. The van der Waals surface area contributed by atoms with Crippen LogP contribution in [0, 0.1) is 0 Å². The monoisotopic (exact) mass is 229 g/mol. The largest absolute Gasteiger partial charge is 0.347 e. The van der Waals surface area contributed by atoms with E-state index in [0.717, 1.165) is 25.7 Å². The Kier molecular flexibility index (Phi) is 8.52. The third-order valence-corrected chi connectivity index (χ3v) is 2.25. The molecule has 0 rings (SSSR count). The quantitative estimate of drug-likeness (QED) is 0.429. The van der Waals surface area contributed by atoms with Gasteiger partial charge in [-0.05, 0) is 13.3 Å². The first kappa shape index (κ1) is 14.9. The van der Waals surface area contributed by atoms with Crippen molar-refractivity contribution in [3.05, 3.63) is 0 Å². The lowest BCUT2D eigenvalue weighted by Crippen LogP contribution is -2.44. The molecule has 1 atom stereocenters. The summed E-state index contributed by atoms with van der Waals surface area (Å²) >= 11 is 0. The summed E-state index contributed by atoms with van der Waals surface area (Å²) in [4.78, 5) is 22.5. The Morgan fingerprint density at radius 2 is 1.94 bits per heavy atom. The molecule has 0 aromatic rings. The van der Waals surface area contributed by atoms with Crippen molar-refractivity contribution in [3.63, 3.8) is 0 Å². The van der Waals surface area contributed by atoms with E-state index in [1.54, 1.807) is 0 Å². The van der Waals surface area contributed by atoms with Crippen molar-refractivity contribution in [2.75, 3.05) is 13.1 Å². The second-order valence-corrected chi connectivity index (χ2v) is 3.91. The van der Waals surface area contributed by atoms with Crippen molar-refractivity contribution in [1.82, 2.24) is 10.6 Å². The Morgan fingerprint density at radius 1 is 1.25 bits per heavy atom.